The molecule has 0 aromatic heterocycles. The van der Waals surface area contributed by atoms with Gasteiger partial charge in [0.2, 0.25) is 15.8 Å². The van der Waals surface area contributed by atoms with Gasteiger partial charge in [0.25, 0.3) is 5.91 Å². The van der Waals surface area contributed by atoms with Crippen LogP contribution in [-0.4, -0.2) is 104 Å². The molecule has 0 bridgehead atoms. The number of aromatic hydroxyl groups is 1. The number of hydrogen-bond acceptors (Lipinski definition) is 11. The number of nitrogens with zero attached hydrogens (tertiary/aromatic N) is 2. The number of fused-ring (bicyclic) bond motifs is 3. The number of aryl methyl sites for hydroxylation is 1. The Morgan fingerprint density at radius 1 is 1.17 bits per heavy atom. The van der Waals surface area contributed by atoms with Crippen molar-refractivity contribution >= 4 is 33.2 Å². The Morgan fingerprint density at radius 3 is 2.34 bits per heavy atom. The van der Waals surface area contributed by atoms with Crippen LogP contribution >= 0.6 is 0 Å². The SMILES string of the molecule is CN(C)c1cc(CCCNS(C)(=O)=O)c(O)c2c1C[C@H]1C[C@@H]3[C@H](N(C)C)C(O)=C(C(N)=O)C(=O)[C@@]3(O)C(O)=C1C2=O. The van der Waals surface area contributed by atoms with E-state index in [-0.39, 0.29) is 42.7 Å². The summed E-state index contributed by atoms with van der Waals surface area (Å²) in [5, 5.41) is 45.3. The Balaban J connectivity index is 1.86. The van der Waals surface area contributed by atoms with Crippen LogP contribution in [0, 0.1) is 11.8 Å². The quantitative estimate of drug-likeness (QED) is 0.170. The first-order chi connectivity index (χ1) is 18.9. The largest absolute Gasteiger partial charge is 0.510 e. The zero-order chi connectivity index (χ0) is 30.8. The summed E-state index contributed by atoms with van der Waals surface area (Å²) in [5.74, 6) is -7.01. The van der Waals surface area contributed by atoms with E-state index in [2.05, 4.69) is 4.72 Å². The number of Topliss-reactive ketones (excluding diaryl/α,β-unsaturated/α-hetero) is 2. The van der Waals surface area contributed by atoms with E-state index in [1.807, 2.05) is 0 Å². The number of nitrogens with two attached hydrogens (primary N) is 1. The lowest BCUT2D eigenvalue weighted by Gasteiger charge is -2.50. The zero-order valence-corrected chi connectivity index (χ0v) is 24.4. The molecule has 224 valence electrons. The van der Waals surface area contributed by atoms with Crippen molar-refractivity contribution in [2.75, 3.05) is 45.9 Å². The minimum Gasteiger partial charge on any atom is -0.510 e. The molecule has 0 radical (unpaired) electrons. The van der Waals surface area contributed by atoms with E-state index in [0.717, 1.165) is 6.26 Å². The highest BCUT2D eigenvalue weighted by atomic mass is 32.2. The number of primary amides is 1. The normalized spacial score (nSPS) is 26.2. The number of nitrogens with one attached hydrogen (secondary N) is 1. The first-order valence-electron chi connectivity index (χ1n) is 13.1. The van der Waals surface area contributed by atoms with Crippen LogP contribution in [0.15, 0.2) is 28.7 Å². The number of rotatable bonds is 8. The van der Waals surface area contributed by atoms with Crippen molar-refractivity contribution in [3.63, 3.8) is 0 Å². The van der Waals surface area contributed by atoms with Crippen LogP contribution in [0.5, 0.6) is 5.75 Å². The molecule has 0 saturated carbocycles. The number of aliphatic hydroxyl groups excluding tert-OH is 2. The molecule has 0 aliphatic heterocycles. The summed E-state index contributed by atoms with van der Waals surface area (Å²) < 4.78 is 25.2. The molecule has 3 aliphatic carbocycles. The lowest BCUT2D eigenvalue weighted by molar-refractivity contribution is -0.148. The number of amides is 1. The molecule has 0 saturated heterocycles. The van der Waals surface area contributed by atoms with Gasteiger partial charge in [0.05, 0.1) is 17.9 Å². The predicted octanol–water partition coefficient (Wildman–Crippen LogP) is -0.332. The highest BCUT2D eigenvalue weighted by molar-refractivity contribution is 7.88. The van der Waals surface area contributed by atoms with Crippen molar-refractivity contribution in [3.8, 4) is 5.75 Å². The van der Waals surface area contributed by atoms with Crippen LogP contribution < -0.4 is 15.4 Å². The highest BCUT2D eigenvalue weighted by Gasteiger charge is 2.63. The Bertz CT molecular complexity index is 1510. The number of benzene rings is 1. The van der Waals surface area contributed by atoms with Gasteiger partial charge in [-0.05, 0) is 62.9 Å². The first kappa shape index (κ1) is 30.5. The van der Waals surface area contributed by atoms with Crippen LogP contribution in [0.3, 0.4) is 0 Å². The molecule has 1 aromatic rings. The number of aliphatic hydroxyl groups is 3. The van der Waals surface area contributed by atoms with E-state index in [1.54, 1.807) is 39.2 Å². The number of likely N-dealkylation sites (N-methyl/N-ethyl adjacent to an activating group) is 1. The molecule has 1 aromatic carbocycles. The van der Waals surface area contributed by atoms with Crippen LogP contribution in [0.25, 0.3) is 0 Å². The maximum absolute atomic E-state index is 14.0. The molecule has 4 atom stereocenters. The van der Waals surface area contributed by atoms with Crippen LogP contribution in [0.2, 0.25) is 0 Å². The Hall–Kier alpha value is -3.46. The Labute approximate surface area is 238 Å². The standard InChI is InChI=1S/C27H36N4O9S/c1-30(2)16-11-12(7-6-8-29-41(5,39)40)21(32)18-14(16)9-13-10-15-20(31(3)4)23(34)19(26(28)37)25(36)27(15,38)24(35)17(13)22(18)33/h11,13,15,20,29,32,34-35,38H,6-10H2,1-5H3,(H2,28,37)/t13-,15+,20-,27-/m0/s1. The van der Waals surface area contributed by atoms with E-state index in [4.69, 9.17) is 5.73 Å². The Kier molecular flexibility index (Phi) is 7.75. The molecule has 13 nitrogen and oxygen atoms in total. The second-order valence-corrected chi connectivity index (χ2v) is 13.2. The second-order valence-electron chi connectivity index (χ2n) is 11.4. The Morgan fingerprint density at radius 2 is 1.80 bits per heavy atom. The van der Waals surface area contributed by atoms with Crippen LogP contribution in [0.4, 0.5) is 5.69 Å². The summed E-state index contributed by atoms with van der Waals surface area (Å²) >= 11 is 0. The third kappa shape index (κ3) is 4.88. The number of ketones is 2. The van der Waals surface area contributed by atoms with E-state index in [1.165, 1.54) is 4.90 Å². The monoisotopic (exact) mass is 592 g/mol. The highest BCUT2D eigenvalue weighted by Crippen LogP contribution is 2.53. The van der Waals surface area contributed by atoms with Crippen molar-refractivity contribution in [2.45, 2.75) is 37.3 Å². The molecule has 0 spiro atoms. The minimum atomic E-state index is -3.41. The van der Waals surface area contributed by atoms with Gasteiger partial charge in [-0.25, -0.2) is 13.1 Å². The summed E-state index contributed by atoms with van der Waals surface area (Å²) in [5.41, 5.74) is 3.02. The van der Waals surface area contributed by atoms with E-state index in [9.17, 15) is 43.2 Å². The molecule has 7 N–H and O–H groups in total. The van der Waals surface area contributed by atoms with Gasteiger partial charge >= 0.3 is 0 Å². The summed E-state index contributed by atoms with van der Waals surface area (Å²) in [7, 11) is 3.27. The maximum Gasteiger partial charge on any atom is 0.255 e. The lowest BCUT2D eigenvalue weighted by Crippen LogP contribution is -2.63. The van der Waals surface area contributed by atoms with Gasteiger partial charge in [0.1, 0.15) is 22.8 Å². The summed E-state index contributed by atoms with van der Waals surface area (Å²) in [4.78, 5) is 42.9. The van der Waals surface area contributed by atoms with Crippen molar-refractivity contribution < 1.29 is 43.2 Å². The number of sulfonamides is 1. The van der Waals surface area contributed by atoms with E-state index in [0.29, 0.717) is 23.2 Å². The number of phenols is 1. The third-order valence-corrected chi connectivity index (χ3v) is 8.98. The summed E-state index contributed by atoms with van der Waals surface area (Å²) in [6.07, 6.45) is 1.76. The fraction of sp³-hybridized carbons (Fsp3) is 0.519. The topological polar surface area (TPSA) is 211 Å². The molecule has 0 fully saturated rings. The summed E-state index contributed by atoms with van der Waals surface area (Å²) in [6, 6.07) is 0.667. The van der Waals surface area contributed by atoms with Gasteiger partial charge in [-0.2, -0.15) is 0 Å². The molecule has 1 amide bonds. The van der Waals surface area contributed by atoms with E-state index < -0.39 is 68.1 Å². The van der Waals surface area contributed by atoms with Gasteiger partial charge in [-0.3, -0.25) is 19.3 Å². The predicted molar refractivity (Wildman–Crippen MR) is 149 cm³/mol. The second kappa shape index (κ2) is 10.4. The van der Waals surface area contributed by atoms with Gasteiger partial charge in [-0.1, -0.05) is 0 Å². The molecular weight excluding hydrogens is 556 g/mol. The van der Waals surface area contributed by atoms with Gasteiger partial charge in [-0.15, -0.1) is 0 Å². The molecule has 0 heterocycles. The third-order valence-electron chi connectivity index (χ3n) is 8.25. The van der Waals surface area contributed by atoms with Crippen molar-refractivity contribution in [1.29, 1.82) is 0 Å². The average molecular weight is 593 g/mol. The minimum absolute atomic E-state index is 0.00168. The van der Waals surface area contributed by atoms with E-state index >= 15 is 0 Å². The fourth-order valence-corrected chi connectivity index (χ4v) is 6.99. The van der Waals surface area contributed by atoms with Crippen molar-refractivity contribution in [3.05, 3.63) is 45.4 Å². The smallest absolute Gasteiger partial charge is 0.255 e. The van der Waals surface area contributed by atoms with Crippen LogP contribution in [0.1, 0.15) is 34.3 Å². The maximum atomic E-state index is 14.0. The van der Waals surface area contributed by atoms with Gasteiger partial charge < -0.3 is 31.1 Å². The fourth-order valence-electron chi connectivity index (χ4n) is 6.48. The molecule has 4 rings (SSSR count). The molecular formula is C27H36N4O9S. The number of carbonyl (C=O) groups is 3. The number of anilines is 1. The van der Waals surface area contributed by atoms with Crippen molar-refractivity contribution in [1.82, 2.24) is 9.62 Å². The van der Waals surface area contributed by atoms with Gasteiger partial charge in [0.15, 0.2) is 11.4 Å². The molecule has 41 heavy (non-hydrogen) atoms. The molecule has 0 unspecified atom stereocenters. The number of allylic oxidation sites excluding steroid dienone is 1. The first-order valence-corrected chi connectivity index (χ1v) is 15.0. The average Bonchev–Trinajstić information content (AvgIpc) is 2.83. The van der Waals surface area contributed by atoms with Crippen molar-refractivity contribution in [2.24, 2.45) is 17.6 Å². The lowest BCUT2D eigenvalue weighted by atomic mass is 9.58. The number of carbonyl (C=O) groups excluding carboxylic acids is 3. The summed E-state index contributed by atoms with van der Waals surface area (Å²) in [6.45, 7) is 0.112. The molecule has 3 aliphatic rings. The number of phenolic OH excluding ortho intramolecular Hbond substituents is 1. The molecule has 14 heteroatoms. The van der Waals surface area contributed by atoms with Crippen LogP contribution in [-0.2, 0) is 32.5 Å². The van der Waals surface area contributed by atoms with Gasteiger partial charge in [0, 0.05) is 37.8 Å². The number of hydrogen-bond donors (Lipinski definition) is 6. The zero-order valence-electron chi connectivity index (χ0n) is 23.6.